The van der Waals surface area contributed by atoms with Crippen molar-refractivity contribution in [3.63, 3.8) is 0 Å². The van der Waals surface area contributed by atoms with Crippen LogP contribution in [0.5, 0.6) is 5.75 Å². The summed E-state index contributed by atoms with van der Waals surface area (Å²) in [5, 5.41) is 4.74. The van der Waals surface area contributed by atoms with Crippen LogP contribution in [0.3, 0.4) is 0 Å². The van der Waals surface area contributed by atoms with E-state index in [2.05, 4.69) is 5.32 Å². The number of para-hydroxylation sites is 2. The van der Waals surface area contributed by atoms with E-state index < -0.39 is 22.5 Å². The Labute approximate surface area is 210 Å². The maximum absolute atomic E-state index is 13.8. The average molecular weight is 507 g/mol. The minimum atomic E-state index is -4.07. The normalized spacial score (nSPS) is 11.3. The molecule has 1 N–H and O–H groups in total. The highest BCUT2D eigenvalue weighted by atomic mass is 32.2. The molecule has 180 valence electrons. The first-order valence-corrected chi connectivity index (χ1v) is 13.8. The van der Waals surface area contributed by atoms with E-state index in [0.29, 0.717) is 23.7 Å². The number of amides is 1. The molecule has 0 saturated heterocycles. The molecule has 0 saturated carbocycles. The fourth-order valence-corrected chi connectivity index (χ4v) is 5.61. The quantitative estimate of drug-likeness (QED) is 0.291. The number of sulfonamides is 1. The second-order valence-corrected chi connectivity index (χ2v) is 10.4. The SMILES string of the molecule is CCOc1ccccc1N(CC(=O)Nc1cccc2ccccc12)S(=O)(=O)c1ccc(SC)cc1. The largest absolute Gasteiger partial charge is 0.492 e. The van der Waals surface area contributed by atoms with Crippen molar-refractivity contribution in [1.82, 2.24) is 0 Å². The minimum Gasteiger partial charge on any atom is -0.492 e. The Morgan fingerprint density at radius 2 is 1.60 bits per heavy atom. The minimum absolute atomic E-state index is 0.0968. The molecule has 4 aromatic carbocycles. The molecule has 35 heavy (non-hydrogen) atoms. The number of nitrogens with one attached hydrogen (secondary N) is 1. The Kier molecular flexibility index (Phi) is 7.63. The summed E-state index contributed by atoms with van der Waals surface area (Å²) in [4.78, 5) is 14.3. The Balaban J connectivity index is 1.72. The van der Waals surface area contributed by atoms with Crippen LogP contribution in [0.25, 0.3) is 10.8 Å². The van der Waals surface area contributed by atoms with Gasteiger partial charge in [-0.2, -0.15) is 0 Å². The van der Waals surface area contributed by atoms with Crippen molar-refractivity contribution in [1.29, 1.82) is 0 Å². The van der Waals surface area contributed by atoms with Gasteiger partial charge in [0, 0.05) is 16.0 Å². The number of fused-ring (bicyclic) bond motifs is 1. The molecule has 0 aliphatic rings. The van der Waals surface area contributed by atoms with Crippen molar-refractivity contribution in [2.24, 2.45) is 0 Å². The molecule has 0 radical (unpaired) electrons. The van der Waals surface area contributed by atoms with Crippen molar-refractivity contribution in [2.75, 3.05) is 29.0 Å². The summed E-state index contributed by atoms with van der Waals surface area (Å²) in [6, 6.07) is 26.7. The predicted octanol–water partition coefficient (Wildman–Crippen LogP) is 5.79. The van der Waals surface area contributed by atoms with Crippen LogP contribution in [0.2, 0.25) is 0 Å². The van der Waals surface area contributed by atoms with E-state index in [1.165, 1.54) is 11.8 Å². The number of rotatable bonds is 9. The van der Waals surface area contributed by atoms with Gasteiger partial charge in [-0.1, -0.05) is 48.5 Å². The number of anilines is 2. The molecule has 0 aromatic heterocycles. The standard InChI is InChI=1S/C27H26N2O4S2/c1-3-33-26-14-7-6-13-25(26)29(35(31,32)22-17-15-21(34-2)16-18-22)19-27(30)28-24-12-8-10-20-9-4-5-11-23(20)24/h4-18H,3,19H2,1-2H3,(H,28,30). The first kappa shape index (κ1) is 24.6. The Hall–Kier alpha value is -3.49. The topological polar surface area (TPSA) is 75.7 Å². The Morgan fingerprint density at radius 1 is 0.914 bits per heavy atom. The molecule has 0 unspecified atom stereocenters. The maximum Gasteiger partial charge on any atom is 0.264 e. The number of hydrogen-bond donors (Lipinski definition) is 1. The predicted molar refractivity (Wildman–Crippen MR) is 143 cm³/mol. The highest BCUT2D eigenvalue weighted by Crippen LogP contribution is 2.33. The number of hydrogen-bond acceptors (Lipinski definition) is 5. The van der Waals surface area contributed by atoms with Crippen LogP contribution in [0, 0.1) is 0 Å². The average Bonchev–Trinajstić information content (AvgIpc) is 2.88. The van der Waals surface area contributed by atoms with Gasteiger partial charge in [-0.05, 0) is 61.0 Å². The van der Waals surface area contributed by atoms with Crippen LogP contribution in [0.1, 0.15) is 6.92 Å². The zero-order chi connectivity index (χ0) is 24.8. The van der Waals surface area contributed by atoms with Gasteiger partial charge in [0.15, 0.2) is 0 Å². The molecule has 8 heteroatoms. The van der Waals surface area contributed by atoms with E-state index in [4.69, 9.17) is 4.74 Å². The highest BCUT2D eigenvalue weighted by molar-refractivity contribution is 7.98. The molecule has 1 amide bonds. The molecule has 0 fully saturated rings. The monoisotopic (exact) mass is 506 g/mol. The maximum atomic E-state index is 13.8. The van der Waals surface area contributed by atoms with Crippen molar-refractivity contribution >= 4 is 49.8 Å². The first-order chi connectivity index (χ1) is 16.9. The summed E-state index contributed by atoms with van der Waals surface area (Å²) < 4.78 is 34.4. The zero-order valence-electron chi connectivity index (χ0n) is 19.5. The number of nitrogens with zero attached hydrogens (tertiary/aromatic N) is 1. The van der Waals surface area contributed by atoms with Crippen LogP contribution >= 0.6 is 11.8 Å². The van der Waals surface area contributed by atoms with Gasteiger partial charge in [0.2, 0.25) is 5.91 Å². The second kappa shape index (κ2) is 10.8. The lowest BCUT2D eigenvalue weighted by molar-refractivity contribution is -0.114. The molecule has 0 bridgehead atoms. The lowest BCUT2D eigenvalue weighted by Gasteiger charge is -2.26. The van der Waals surface area contributed by atoms with Crippen LogP contribution in [0.15, 0.2) is 101 Å². The Morgan fingerprint density at radius 3 is 2.34 bits per heavy atom. The summed E-state index contributed by atoms with van der Waals surface area (Å²) in [5.74, 6) is -0.0748. The smallest absolute Gasteiger partial charge is 0.264 e. The van der Waals surface area contributed by atoms with Crippen LogP contribution in [0.4, 0.5) is 11.4 Å². The van der Waals surface area contributed by atoms with Gasteiger partial charge >= 0.3 is 0 Å². The van der Waals surface area contributed by atoms with Gasteiger partial charge in [0.25, 0.3) is 10.0 Å². The fourth-order valence-electron chi connectivity index (χ4n) is 3.77. The van der Waals surface area contributed by atoms with Gasteiger partial charge in [-0.3, -0.25) is 9.10 Å². The summed E-state index contributed by atoms with van der Waals surface area (Å²) in [7, 11) is -4.07. The van der Waals surface area contributed by atoms with Gasteiger partial charge < -0.3 is 10.1 Å². The van der Waals surface area contributed by atoms with Crippen molar-refractivity contribution in [3.8, 4) is 5.75 Å². The third-order valence-electron chi connectivity index (χ3n) is 5.43. The summed E-state index contributed by atoms with van der Waals surface area (Å²) >= 11 is 1.52. The molecule has 0 heterocycles. The number of carbonyl (C=O) groups is 1. The molecule has 0 spiro atoms. The first-order valence-electron chi connectivity index (χ1n) is 11.1. The van der Waals surface area contributed by atoms with Crippen LogP contribution < -0.4 is 14.4 Å². The van der Waals surface area contributed by atoms with Crippen LogP contribution in [-0.2, 0) is 14.8 Å². The summed E-state index contributed by atoms with van der Waals surface area (Å²) in [6.07, 6.45) is 1.92. The number of carbonyl (C=O) groups excluding carboxylic acids is 1. The van der Waals surface area contributed by atoms with E-state index in [0.717, 1.165) is 20.0 Å². The third kappa shape index (κ3) is 5.44. The number of benzene rings is 4. The van der Waals surface area contributed by atoms with Crippen molar-refractivity contribution < 1.29 is 17.9 Å². The molecule has 4 rings (SSSR count). The summed E-state index contributed by atoms with van der Waals surface area (Å²) in [6.45, 7) is 1.76. The van der Waals surface area contributed by atoms with Crippen molar-refractivity contribution in [2.45, 2.75) is 16.7 Å². The van der Waals surface area contributed by atoms with Crippen LogP contribution in [-0.4, -0.2) is 33.7 Å². The fraction of sp³-hybridized carbons (Fsp3) is 0.148. The zero-order valence-corrected chi connectivity index (χ0v) is 21.1. The van der Waals surface area contributed by atoms with E-state index in [9.17, 15) is 13.2 Å². The lowest BCUT2D eigenvalue weighted by Crippen LogP contribution is -2.38. The van der Waals surface area contributed by atoms with Gasteiger partial charge in [-0.15, -0.1) is 11.8 Å². The van der Waals surface area contributed by atoms with Gasteiger partial charge in [0.1, 0.15) is 12.3 Å². The molecular weight excluding hydrogens is 480 g/mol. The second-order valence-electron chi connectivity index (χ2n) is 7.66. The number of thioether (sulfide) groups is 1. The highest BCUT2D eigenvalue weighted by Gasteiger charge is 2.29. The van der Waals surface area contributed by atoms with Crippen molar-refractivity contribution in [3.05, 3.63) is 91.0 Å². The van der Waals surface area contributed by atoms with E-state index in [1.807, 2.05) is 49.6 Å². The van der Waals surface area contributed by atoms with E-state index in [1.54, 1.807) is 54.6 Å². The molecule has 0 atom stereocenters. The molecule has 6 nitrogen and oxygen atoms in total. The third-order valence-corrected chi connectivity index (χ3v) is 7.95. The lowest BCUT2D eigenvalue weighted by atomic mass is 10.1. The van der Waals surface area contributed by atoms with Gasteiger partial charge in [-0.25, -0.2) is 8.42 Å². The molecular formula is C27H26N2O4S2. The van der Waals surface area contributed by atoms with E-state index in [-0.39, 0.29) is 4.90 Å². The summed E-state index contributed by atoms with van der Waals surface area (Å²) in [5.41, 5.74) is 0.921. The number of ether oxygens (including phenoxy) is 1. The molecule has 0 aliphatic heterocycles. The van der Waals surface area contributed by atoms with E-state index >= 15 is 0 Å². The van der Waals surface area contributed by atoms with Gasteiger partial charge in [0.05, 0.1) is 17.2 Å². The Bertz CT molecular complexity index is 1430. The molecule has 4 aromatic rings. The molecule has 0 aliphatic carbocycles.